The summed E-state index contributed by atoms with van der Waals surface area (Å²) in [5, 5.41) is 12.3. The number of carbonyl (C=O) groups excluding carboxylic acids is 1. The van der Waals surface area contributed by atoms with Crippen LogP contribution in [-0.4, -0.2) is 45.3 Å². The summed E-state index contributed by atoms with van der Waals surface area (Å²) in [5.41, 5.74) is -0.722. The lowest BCUT2D eigenvalue weighted by Gasteiger charge is -2.17. The van der Waals surface area contributed by atoms with Gasteiger partial charge >= 0.3 is 12.1 Å². The van der Waals surface area contributed by atoms with Crippen molar-refractivity contribution in [2.45, 2.75) is 12.6 Å². The van der Waals surface area contributed by atoms with Gasteiger partial charge in [0.05, 0.1) is 18.3 Å². The van der Waals surface area contributed by atoms with Crippen molar-refractivity contribution >= 4 is 11.9 Å². The van der Waals surface area contributed by atoms with Gasteiger partial charge in [-0.3, -0.25) is 9.59 Å². The predicted molar refractivity (Wildman–Crippen MR) is 77.8 cm³/mol. The van der Waals surface area contributed by atoms with Gasteiger partial charge < -0.3 is 10.0 Å². The summed E-state index contributed by atoms with van der Waals surface area (Å²) >= 11 is 0. The number of aliphatic carboxylic acids is 1. The summed E-state index contributed by atoms with van der Waals surface area (Å²) < 4.78 is 39.5. The van der Waals surface area contributed by atoms with Crippen molar-refractivity contribution in [2.24, 2.45) is 0 Å². The maximum atomic E-state index is 12.9. The van der Waals surface area contributed by atoms with Gasteiger partial charge in [-0.15, -0.1) is 0 Å². The van der Waals surface area contributed by atoms with Crippen molar-refractivity contribution in [3.63, 3.8) is 0 Å². The van der Waals surface area contributed by atoms with Crippen LogP contribution in [0, 0.1) is 0 Å². The van der Waals surface area contributed by atoms with Crippen LogP contribution in [0.2, 0.25) is 0 Å². The van der Waals surface area contributed by atoms with Crippen LogP contribution in [0.5, 0.6) is 0 Å². The van der Waals surface area contributed by atoms with E-state index in [1.807, 2.05) is 0 Å². The molecule has 0 atom stereocenters. The van der Waals surface area contributed by atoms with Gasteiger partial charge in [0.1, 0.15) is 5.69 Å². The van der Waals surface area contributed by atoms with Crippen LogP contribution >= 0.6 is 0 Å². The number of benzene rings is 1. The number of carboxylic acid groups (broad SMARTS) is 1. The Kier molecular flexibility index (Phi) is 4.91. The Labute approximate surface area is 135 Å². The lowest BCUT2D eigenvalue weighted by Crippen LogP contribution is -2.29. The maximum Gasteiger partial charge on any atom is 0.433 e. The lowest BCUT2D eigenvalue weighted by atomic mass is 10.1. The van der Waals surface area contributed by atoms with Gasteiger partial charge in [-0.25, -0.2) is 4.68 Å². The Bertz CT molecular complexity index is 756. The van der Waals surface area contributed by atoms with Crippen molar-refractivity contribution in [2.75, 3.05) is 13.6 Å². The molecule has 0 unspecified atom stereocenters. The fourth-order valence-electron chi connectivity index (χ4n) is 2.08. The molecule has 128 valence electrons. The first kappa shape index (κ1) is 17.5. The summed E-state index contributed by atoms with van der Waals surface area (Å²) in [6, 6.07) is 6.40. The summed E-state index contributed by atoms with van der Waals surface area (Å²) in [4.78, 5) is 24.0. The van der Waals surface area contributed by atoms with E-state index >= 15 is 0 Å². The fourth-order valence-corrected chi connectivity index (χ4v) is 2.08. The third-order valence-electron chi connectivity index (χ3n) is 3.28. The maximum absolute atomic E-state index is 12.9. The van der Waals surface area contributed by atoms with Crippen LogP contribution in [0.1, 0.15) is 22.5 Å². The smallest absolute Gasteiger partial charge is 0.433 e. The standard InChI is InChI=1S/C15H14F3N3O3/c1-20(8-6-13(22)23)14(24)10-3-2-4-11(9-10)21-12(5-7-19-21)15(16,17)18/h2-5,7,9H,6,8H2,1H3,(H,22,23). The van der Waals surface area contributed by atoms with Crippen molar-refractivity contribution in [1.82, 2.24) is 14.7 Å². The molecule has 1 N–H and O–H groups in total. The third kappa shape index (κ3) is 3.92. The van der Waals surface area contributed by atoms with Crippen LogP contribution in [0.4, 0.5) is 13.2 Å². The molecule has 0 aliphatic rings. The Hall–Kier alpha value is -2.84. The number of halogens is 3. The second kappa shape index (κ2) is 6.73. The third-order valence-corrected chi connectivity index (χ3v) is 3.28. The predicted octanol–water partition coefficient (Wildman–Crippen LogP) is 2.44. The summed E-state index contributed by atoms with van der Waals surface area (Å²) in [7, 11) is 1.42. The first-order valence-corrected chi connectivity index (χ1v) is 6.89. The van der Waals surface area contributed by atoms with Gasteiger partial charge in [0, 0.05) is 19.2 Å². The molecule has 0 bridgehead atoms. The summed E-state index contributed by atoms with van der Waals surface area (Å²) in [5.74, 6) is -1.53. The Morgan fingerprint density at radius 1 is 1.29 bits per heavy atom. The minimum atomic E-state index is -4.57. The van der Waals surface area contributed by atoms with Crippen molar-refractivity contribution < 1.29 is 27.9 Å². The number of aromatic nitrogens is 2. The Morgan fingerprint density at radius 3 is 2.62 bits per heavy atom. The van der Waals surface area contributed by atoms with Crippen LogP contribution in [0.25, 0.3) is 5.69 Å². The molecule has 1 amide bonds. The van der Waals surface area contributed by atoms with Crippen molar-refractivity contribution in [3.05, 3.63) is 47.8 Å². The molecule has 2 aromatic rings. The molecule has 0 saturated heterocycles. The largest absolute Gasteiger partial charge is 0.481 e. The molecular weight excluding hydrogens is 327 g/mol. The summed E-state index contributed by atoms with van der Waals surface area (Å²) in [6.07, 6.45) is -3.77. The number of rotatable bonds is 5. The molecule has 2 rings (SSSR count). The molecular formula is C15H14F3N3O3. The van der Waals surface area contributed by atoms with E-state index in [-0.39, 0.29) is 24.2 Å². The van der Waals surface area contributed by atoms with Crippen LogP contribution < -0.4 is 0 Å². The zero-order valence-electron chi connectivity index (χ0n) is 12.6. The molecule has 9 heteroatoms. The number of hydrogen-bond acceptors (Lipinski definition) is 3. The SMILES string of the molecule is CN(CCC(=O)O)C(=O)c1cccc(-n2nccc2C(F)(F)F)c1. The first-order chi connectivity index (χ1) is 11.2. The molecule has 0 fully saturated rings. The number of amides is 1. The Balaban J connectivity index is 2.28. The minimum Gasteiger partial charge on any atom is -0.481 e. The molecule has 6 nitrogen and oxygen atoms in total. The molecule has 0 saturated carbocycles. The highest BCUT2D eigenvalue weighted by molar-refractivity contribution is 5.94. The van der Waals surface area contributed by atoms with Gasteiger partial charge in [0.2, 0.25) is 0 Å². The average molecular weight is 341 g/mol. The highest BCUT2D eigenvalue weighted by atomic mass is 19.4. The number of carbonyl (C=O) groups is 2. The average Bonchev–Trinajstić information content (AvgIpc) is 3.02. The molecule has 0 radical (unpaired) electrons. The molecule has 0 spiro atoms. The van der Waals surface area contributed by atoms with Gasteiger partial charge in [-0.1, -0.05) is 6.07 Å². The number of nitrogens with zero attached hydrogens (tertiary/aromatic N) is 3. The molecule has 24 heavy (non-hydrogen) atoms. The second-order valence-electron chi connectivity index (χ2n) is 5.05. The van der Waals surface area contributed by atoms with Gasteiger partial charge in [0.25, 0.3) is 5.91 Å². The second-order valence-corrected chi connectivity index (χ2v) is 5.05. The minimum absolute atomic E-state index is 0.00599. The molecule has 1 aromatic carbocycles. The van der Waals surface area contributed by atoms with E-state index in [1.54, 1.807) is 0 Å². The van der Waals surface area contributed by atoms with E-state index in [2.05, 4.69) is 5.10 Å². The molecule has 0 aliphatic carbocycles. The number of hydrogen-bond donors (Lipinski definition) is 1. The lowest BCUT2D eigenvalue weighted by molar-refractivity contribution is -0.142. The molecule has 1 aromatic heterocycles. The van der Waals surface area contributed by atoms with Gasteiger partial charge in [0.15, 0.2) is 0 Å². The number of carboxylic acids is 1. The van der Waals surface area contributed by atoms with E-state index < -0.39 is 23.7 Å². The van der Waals surface area contributed by atoms with E-state index in [4.69, 9.17) is 5.11 Å². The van der Waals surface area contributed by atoms with Crippen LogP contribution in [0.15, 0.2) is 36.5 Å². The molecule has 1 heterocycles. The normalized spacial score (nSPS) is 11.3. The summed E-state index contributed by atoms with van der Waals surface area (Å²) in [6.45, 7) is -0.00599. The topological polar surface area (TPSA) is 75.4 Å². The molecule has 0 aliphatic heterocycles. The fraction of sp³-hybridized carbons (Fsp3) is 0.267. The quantitative estimate of drug-likeness (QED) is 0.906. The number of alkyl halides is 3. The van der Waals surface area contributed by atoms with Crippen LogP contribution in [0.3, 0.4) is 0 Å². The zero-order valence-corrected chi connectivity index (χ0v) is 12.6. The van der Waals surface area contributed by atoms with Gasteiger partial charge in [-0.2, -0.15) is 18.3 Å². The van der Waals surface area contributed by atoms with Crippen molar-refractivity contribution in [1.29, 1.82) is 0 Å². The van der Waals surface area contributed by atoms with E-state index in [0.717, 1.165) is 12.3 Å². The first-order valence-electron chi connectivity index (χ1n) is 6.89. The van der Waals surface area contributed by atoms with Crippen LogP contribution in [-0.2, 0) is 11.0 Å². The van der Waals surface area contributed by atoms with Gasteiger partial charge in [-0.05, 0) is 24.3 Å². The van der Waals surface area contributed by atoms with E-state index in [0.29, 0.717) is 4.68 Å². The monoisotopic (exact) mass is 341 g/mol. The zero-order chi connectivity index (χ0) is 17.9. The van der Waals surface area contributed by atoms with Crippen molar-refractivity contribution in [3.8, 4) is 5.69 Å². The highest BCUT2D eigenvalue weighted by Gasteiger charge is 2.35. The Morgan fingerprint density at radius 2 is 2.00 bits per heavy atom. The highest BCUT2D eigenvalue weighted by Crippen LogP contribution is 2.30. The van der Waals surface area contributed by atoms with E-state index in [9.17, 15) is 22.8 Å². The van der Waals surface area contributed by atoms with E-state index in [1.165, 1.54) is 36.2 Å².